The monoisotopic (exact) mass is 351 g/mol. The molecule has 1 saturated heterocycles. The molecule has 3 rings (SSSR count). The average molecular weight is 351 g/mol. The fraction of sp³-hybridized carbons (Fsp3) is 0.375. The quantitative estimate of drug-likeness (QED) is 0.822. The number of sulfone groups is 1. The molecule has 0 saturated carbocycles. The Bertz CT molecular complexity index is 892. The van der Waals surface area contributed by atoms with Gasteiger partial charge >= 0.3 is 0 Å². The van der Waals surface area contributed by atoms with E-state index >= 15 is 0 Å². The number of amides is 1. The van der Waals surface area contributed by atoms with Crippen molar-refractivity contribution in [1.82, 2.24) is 14.7 Å². The van der Waals surface area contributed by atoms with Crippen LogP contribution in [0.25, 0.3) is 0 Å². The molecule has 0 aliphatic carbocycles. The van der Waals surface area contributed by atoms with Crippen molar-refractivity contribution in [2.45, 2.75) is 13.0 Å². The zero-order chi connectivity index (χ0) is 17.5. The number of hydrogen-bond acceptors (Lipinski definition) is 4. The van der Waals surface area contributed by atoms with E-state index < -0.39 is 15.9 Å². The van der Waals surface area contributed by atoms with Crippen molar-refractivity contribution in [3.8, 4) is 0 Å². The molecule has 1 aromatic heterocycles. The Morgan fingerprint density at radius 1 is 1.38 bits per heavy atom. The van der Waals surface area contributed by atoms with Gasteiger partial charge in [0.05, 0.1) is 23.7 Å². The van der Waals surface area contributed by atoms with Gasteiger partial charge < -0.3 is 4.90 Å². The van der Waals surface area contributed by atoms with E-state index in [0.717, 1.165) is 0 Å². The van der Waals surface area contributed by atoms with E-state index in [2.05, 4.69) is 5.10 Å². The zero-order valence-electron chi connectivity index (χ0n) is 13.4. The second-order valence-electron chi connectivity index (χ2n) is 6.04. The Labute approximate surface area is 139 Å². The highest BCUT2D eigenvalue weighted by molar-refractivity contribution is 7.91. The lowest BCUT2D eigenvalue weighted by Gasteiger charge is -2.35. The summed E-state index contributed by atoms with van der Waals surface area (Å²) >= 11 is 0. The summed E-state index contributed by atoms with van der Waals surface area (Å²) in [6, 6.07) is 3.58. The third-order valence-electron chi connectivity index (χ3n) is 4.21. The number of halogens is 1. The van der Waals surface area contributed by atoms with Crippen molar-refractivity contribution in [2.24, 2.45) is 7.05 Å². The highest BCUT2D eigenvalue weighted by Crippen LogP contribution is 2.28. The Balaban J connectivity index is 1.97. The molecule has 1 atom stereocenters. The van der Waals surface area contributed by atoms with Gasteiger partial charge in [-0.1, -0.05) is 0 Å². The van der Waals surface area contributed by atoms with Gasteiger partial charge in [0.2, 0.25) is 0 Å². The lowest BCUT2D eigenvalue weighted by atomic mass is 10.1. The predicted octanol–water partition coefficient (Wildman–Crippen LogP) is 1.48. The average Bonchev–Trinajstić information content (AvgIpc) is 2.95. The summed E-state index contributed by atoms with van der Waals surface area (Å²) in [4.78, 5) is 14.4. The topological polar surface area (TPSA) is 72.3 Å². The number of benzene rings is 1. The Morgan fingerprint density at radius 3 is 2.75 bits per heavy atom. The largest absolute Gasteiger partial charge is 0.329 e. The van der Waals surface area contributed by atoms with Crippen LogP contribution >= 0.6 is 0 Å². The molecule has 128 valence electrons. The number of carbonyl (C=O) groups excluding carboxylic acids is 1. The molecule has 1 aromatic carbocycles. The number of aryl methyl sites for hydroxylation is 2. The van der Waals surface area contributed by atoms with Gasteiger partial charge in [-0.3, -0.25) is 9.48 Å². The van der Waals surface area contributed by atoms with Gasteiger partial charge in [0, 0.05) is 30.9 Å². The predicted molar refractivity (Wildman–Crippen MR) is 86.8 cm³/mol. The molecule has 8 heteroatoms. The summed E-state index contributed by atoms with van der Waals surface area (Å²) in [6.45, 7) is 1.70. The van der Waals surface area contributed by atoms with Gasteiger partial charge in [-0.25, -0.2) is 12.8 Å². The molecule has 2 aromatic rings. The van der Waals surface area contributed by atoms with Crippen LogP contribution in [0.1, 0.15) is 27.5 Å². The molecule has 1 amide bonds. The highest BCUT2D eigenvalue weighted by atomic mass is 32.2. The van der Waals surface area contributed by atoms with Gasteiger partial charge in [-0.2, -0.15) is 5.10 Å². The summed E-state index contributed by atoms with van der Waals surface area (Å²) in [5, 5.41) is 4.07. The zero-order valence-corrected chi connectivity index (χ0v) is 14.3. The van der Waals surface area contributed by atoms with Gasteiger partial charge in [-0.05, 0) is 30.7 Å². The van der Waals surface area contributed by atoms with Crippen LogP contribution in [-0.4, -0.2) is 47.1 Å². The molecule has 0 spiro atoms. The van der Waals surface area contributed by atoms with Crippen LogP contribution in [0, 0.1) is 12.7 Å². The van der Waals surface area contributed by atoms with E-state index in [1.165, 1.54) is 23.1 Å². The molecule has 1 aliphatic rings. The first-order valence-corrected chi connectivity index (χ1v) is 9.35. The number of hydrogen-bond donors (Lipinski definition) is 0. The lowest BCUT2D eigenvalue weighted by Crippen LogP contribution is -2.46. The van der Waals surface area contributed by atoms with E-state index in [9.17, 15) is 17.6 Å². The second kappa shape index (κ2) is 6.01. The Morgan fingerprint density at radius 2 is 2.12 bits per heavy atom. The van der Waals surface area contributed by atoms with E-state index in [-0.39, 0.29) is 29.8 Å². The van der Waals surface area contributed by atoms with Crippen molar-refractivity contribution in [3.05, 3.63) is 53.1 Å². The van der Waals surface area contributed by atoms with Gasteiger partial charge in [0.15, 0.2) is 9.84 Å². The maximum atomic E-state index is 13.4. The van der Waals surface area contributed by atoms with Crippen molar-refractivity contribution in [2.75, 3.05) is 18.1 Å². The smallest absolute Gasteiger partial charge is 0.254 e. The van der Waals surface area contributed by atoms with Crippen LogP contribution in [0.3, 0.4) is 0 Å². The fourth-order valence-corrected chi connectivity index (χ4v) is 4.38. The van der Waals surface area contributed by atoms with Crippen LogP contribution in [0.5, 0.6) is 0 Å². The molecule has 1 aliphatic heterocycles. The van der Waals surface area contributed by atoms with E-state index in [0.29, 0.717) is 16.7 Å². The van der Waals surface area contributed by atoms with E-state index in [4.69, 9.17) is 0 Å². The van der Waals surface area contributed by atoms with Crippen LogP contribution < -0.4 is 0 Å². The number of carbonyl (C=O) groups is 1. The molecule has 0 bridgehead atoms. The molecule has 24 heavy (non-hydrogen) atoms. The van der Waals surface area contributed by atoms with Crippen molar-refractivity contribution < 1.29 is 17.6 Å². The minimum Gasteiger partial charge on any atom is -0.329 e. The number of aromatic nitrogens is 2. The molecule has 0 radical (unpaired) electrons. The summed E-state index contributed by atoms with van der Waals surface area (Å²) in [6.07, 6.45) is 3.28. The summed E-state index contributed by atoms with van der Waals surface area (Å²) < 4.78 is 39.1. The maximum Gasteiger partial charge on any atom is 0.254 e. The maximum absolute atomic E-state index is 13.4. The summed E-state index contributed by atoms with van der Waals surface area (Å²) in [5.74, 6) is -0.890. The van der Waals surface area contributed by atoms with Crippen LogP contribution in [-0.2, 0) is 16.9 Å². The molecular formula is C16H18FN3O3S. The van der Waals surface area contributed by atoms with E-state index in [1.54, 1.807) is 31.0 Å². The lowest BCUT2D eigenvalue weighted by molar-refractivity contribution is 0.0697. The minimum absolute atomic E-state index is 0.0737. The number of nitrogens with zero attached hydrogens (tertiary/aromatic N) is 3. The van der Waals surface area contributed by atoms with Gasteiger partial charge in [0.1, 0.15) is 5.82 Å². The minimum atomic E-state index is -3.23. The van der Waals surface area contributed by atoms with Crippen LogP contribution in [0.2, 0.25) is 0 Å². The van der Waals surface area contributed by atoms with E-state index in [1.807, 2.05) is 0 Å². The molecule has 1 fully saturated rings. The Kier molecular flexibility index (Phi) is 4.16. The first-order valence-electron chi connectivity index (χ1n) is 7.53. The van der Waals surface area contributed by atoms with Crippen LogP contribution in [0.4, 0.5) is 4.39 Å². The molecule has 6 nitrogen and oxygen atoms in total. The van der Waals surface area contributed by atoms with Gasteiger partial charge in [0.25, 0.3) is 5.91 Å². The Hall–Kier alpha value is -2.22. The van der Waals surface area contributed by atoms with Crippen molar-refractivity contribution >= 4 is 15.7 Å². The molecule has 0 N–H and O–H groups in total. The SMILES string of the molecule is Cc1cc(C(=O)N2CCS(=O)(=O)CC2c2cnn(C)c2)ccc1F. The van der Waals surface area contributed by atoms with Gasteiger partial charge in [-0.15, -0.1) is 0 Å². The summed E-state index contributed by atoms with van der Waals surface area (Å²) in [7, 11) is -1.49. The standard InChI is InChI=1S/C16H18FN3O3S/c1-11-7-12(3-4-14(11)17)16(21)20-5-6-24(22,23)10-15(20)13-8-18-19(2)9-13/h3-4,7-9,15H,5-6,10H2,1-2H3. The first kappa shape index (κ1) is 16.6. The van der Waals surface area contributed by atoms with Crippen molar-refractivity contribution in [1.29, 1.82) is 0 Å². The third kappa shape index (κ3) is 3.19. The third-order valence-corrected chi connectivity index (χ3v) is 5.83. The molecule has 1 unspecified atom stereocenters. The normalized spacial score (nSPS) is 20.1. The van der Waals surface area contributed by atoms with Crippen LogP contribution in [0.15, 0.2) is 30.6 Å². The second-order valence-corrected chi connectivity index (χ2v) is 8.27. The fourth-order valence-electron chi connectivity index (χ4n) is 2.88. The first-order chi connectivity index (χ1) is 11.3. The highest BCUT2D eigenvalue weighted by Gasteiger charge is 2.36. The van der Waals surface area contributed by atoms with Crippen molar-refractivity contribution in [3.63, 3.8) is 0 Å². The summed E-state index contributed by atoms with van der Waals surface area (Å²) in [5.41, 5.74) is 1.40. The molecule has 2 heterocycles. The molecular weight excluding hydrogens is 333 g/mol. The number of rotatable bonds is 2.